The summed E-state index contributed by atoms with van der Waals surface area (Å²) in [7, 11) is 0. The SMILES string of the molecule is CCCC[C@](N)(CCC(=O)O)C(=O)O. The molecule has 0 unspecified atom stereocenters. The van der Waals surface area contributed by atoms with E-state index in [9.17, 15) is 9.59 Å². The maximum absolute atomic E-state index is 10.8. The number of carboxylic acids is 2. The summed E-state index contributed by atoms with van der Waals surface area (Å²) in [6, 6.07) is 0. The lowest BCUT2D eigenvalue weighted by molar-refractivity contribution is -0.144. The molecule has 0 rings (SSSR count). The van der Waals surface area contributed by atoms with E-state index in [0.29, 0.717) is 12.8 Å². The fourth-order valence-electron chi connectivity index (χ4n) is 1.16. The number of hydrogen-bond donors (Lipinski definition) is 3. The van der Waals surface area contributed by atoms with Crippen LogP contribution in [0.15, 0.2) is 0 Å². The lowest BCUT2D eigenvalue weighted by Gasteiger charge is -2.23. The summed E-state index contributed by atoms with van der Waals surface area (Å²) in [5.74, 6) is -2.13. The van der Waals surface area contributed by atoms with E-state index >= 15 is 0 Å². The minimum Gasteiger partial charge on any atom is -0.481 e. The zero-order valence-electron chi connectivity index (χ0n) is 8.32. The summed E-state index contributed by atoms with van der Waals surface area (Å²) in [5.41, 5.74) is 4.23. The molecule has 0 bridgehead atoms. The van der Waals surface area contributed by atoms with Crippen molar-refractivity contribution in [3.05, 3.63) is 0 Å². The van der Waals surface area contributed by atoms with Gasteiger partial charge in [-0.05, 0) is 12.8 Å². The highest BCUT2D eigenvalue weighted by Crippen LogP contribution is 2.18. The first kappa shape index (κ1) is 12.9. The molecule has 0 aliphatic rings. The number of hydrogen-bond acceptors (Lipinski definition) is 3. The van der Waals surface area contributed by atoms with Crippen molar-refractivity contribution in [1.29, 1.82) is 0 Å². The summed E-state index contributed by atoms with van der Waals surface area (Å²) in [6.07, 6.45) is 1.65. The largest absolute Gasteiger partial charge is 0.481 e. The molecule has 0 spiro atoms. The second-order valence-corrected chi connectivity index (χ2v) is 3.46. The Hall–Kier alpha value is -1.10. The van der Waals surface area contributed by atoms with Gasteiger partial charge in [0.25, 0.3) is 0 Å². The van der Waals surface area contributed by atoms with E-state index in [1.54, 1.807) is 0 Å². The van der Waals surface area contributed by atoms with Crippen molar-refractivity contribution in [3.63, 3.8) is 0 Å². The molecule has 5 heteroatoms. The molecule has 0 aliphatic heterocycles. The summed E-state index contributed by atoms with van der Waals surface area (Å²) >= 11 is 0. The van der Waals surface area contributed by atoms with Gasteiger partial charge >= 0.3 is 11.9 Å². The van der Waals surface area contributed by atoms with Crippen molar-refractivity contribution >= 4 is 11.9 Å². The summed E-state index contributed by atoms with van der Waals surface area (Å²) in [5, 5.41) is 17.3. The molecule has 1 atom stereocenters. The number of rotatable bonds is 7. The quantitative estimate of drug-likeness (QED) is 0.568. The highest BCUT2D eigenvalue weighted by Gasteiger charge is 2.33. The first-order valence-electron chi connectivity index (χ1n) is 4.66. The average Bonchev–Trinajstić information content (AvgIpc) is 2.11. The van der Waals surface area contributed by atoms with Crippen molar-refractivity contribution in [1.82, 2.24) is 0 Å². The minimum absolute atomic E-state index is 0.0162. The molecule has 4 N–H and O–H groups in total. The Bertz CT molecular complexity index is 217. The van der Waals surface area contributed by atoms with Crippen LogP contribution in [0.3, 0.4) is 0 Å². The molecule has 0 amide bonds. The van der Waals surface area contributed by atoms with Crippen LogP contribution in [0.5, 0.6) is 0 Å². The molecular formula is C9H17NO4. The Kier molecular flexibility index (Phi) is 5.15. The molecule has 0 heterocycles. The van der Waals surface area contributed by atoms with Gasteiger partial charge in [0.15, 0.2) is 0 Å². The van der Waals surface area contributed by atoms with E-state index in [2.05, 4.69) is 0 Å². The molecule has 0 aliphatic carbocycles. The van der Waals surface area contributed by atoms with Gasteiger partial charge in [-0.2, -0.15) is 0 Å². The maximum atomic E-state index is 10.8. The van der Waals surface area contributed by atoms with Crippen LogP contribution in [-0.2, 0) is 9.59 Å². The van der Waals surface area contributed by atoms with Crippen LogP contribution in [-0.4, -0.2) is 27.7 Å². The highest BCUT2D eigenvalue weighted by atomic mass is 16.4. The topological polar surface area (TPSA) is 101 Å². The first-order chi connectivity index (χ1) is 6.42. The third kappa shape index (κ3) is 4.23. The lowest BCUT2D eigenvalue weighted by atomic mass is 9.89. The van der Waals surface area contributed by atoms with Gasteiger partial charge in [0.1, 0.15) is 5.54 Å². The number of aliphatic carboxylic acids is 2. The zero-order valence-corrected chi connectivity index (χ0v) is 8.32. The third-order valence-corrected chi connectivity index (χ3v) is 2.19. The lowest BCUT2D eigenvalue weighted by Crippen LogP contribution is -2.48. The van der Waals surface area contributed by atoms with Gasteiger partial charge in [-0.25, -0.2) is 0 Å². The van der Waals surface area contributed by atoms with E-state index in [1.165, 1.54) is 0 Å². The van der Waals surface area contributed by atoms with Gasteiger partial charge in [-0.1, -0.05) is 19.8 Å². The van der Waals surface area contributed by atoms with Crippen LogP contribution in [0.1, 0.15) is 39.0 Å². The first-order valence-corrected chi connectivity index (χ1v) is 4.66. The predicted molar refractivity (Wildman–Crippen MR) is 50.9 cm³/mol. The van der Waals surface area contributed by atoms with Gasteiger partial charge in [0.2, 0.25) is 0 Å². The summed E-state index contributed by atoms with van der Waals surface area (Å²) in [4.78, 5) is 21.1. The molecule has 0 aromatic rings. The molecule has 0 fully saturated rings. The van der Waals surface area contributed by atoms with Gasteiger partial charge in [-0.3, -0.25) is 9.59 Å². The fourth-order valence-corrected chi connectivity index (χ4v) is 1.16. The van der Waals surface area contributed by atoms with Gasteiger partial charge in [0.05, 0.1) is 0 Å². The van der Waals surface area contributed by atoms with E-state index < -0.39 is 17.5 Å². The molecule has 82 valence electrons. The predicted octanol–water partition coefficient (Wildman–Crippen LogP) is 0.823. The van der Waals surface area contributed by atoms with Crippen LogP contribution in [0.2, 0.25) is 0 Å². The number of carbonyl (C=O) groups is 2. The molecule has 0 saturated heterocycles. The van der Waals surface area contributed by atoms with Gasteiger partial charge in [0, 0.05) is 6.42 Å². The van der Waals surface area contributed by atoms with Crippen molar-refractivity contribution in [2.24, 2.45) is 5.73 Å². The van der Waals surface area contributed by atoms with Crippen LogP contribution in [0.4, 0.5) is 0 Å². The van der Waals surface area contributed by atoms with Crippen molar-refractivity contribution in [2.45, 2.75) is 44.6 Å². The second-order valence-electron chi connectivity index (χ2n) is 3.46. The van der Waals surface area contributed by atoms with E-state index in [1.807, 2.05) is 6.92 Å². The monoisotopic (exact) mass is 203 g/mol. The van der Waals surface area contributed by atoms with E-state index in [4.69, 9.17) is 15.9 Å². The molecule has 0 aromatic carbocycles. The average molecular weight is 203 g/mol. The smallest absolute Gasteiger partial charge is 0.323 e. The number of unbranched alkanes of at least 4 members (excludes halogenated alkanes) is 1. The van der Waals surface area contributed by atoms with Crippen molar-refractivity contribution in [2.75, 3.05) is 0 Å². The Morgan fingerprint density at radius 2 is 1.86 bits per heavy atom. The van der Waals surface area contributed by atoms with Crippen LogP contribution >= 0.6 is 0 Å². The van der Waals surface area contributed by atoms with Crippen LogP contribution in [0.25, 0.3) is 0 Å². The van der Waals surface area contributed by atoms with Crippen LogP contribution in [0, 0.1) is 0 Å². The Morgan fingerprint density at radius 3 is 2.21 bits per heavy atom. The van der Waals surface area contributed by atoms with Crippen molar-refractivity contribution in [3.8, 4) is 0 Å². The molecule has 0 radical (unpaired) electrons. The van der Waals surface area contributed by atoms with Gasteiger partial charge < -0.3 is 15.9 Å². The summed E-state index contributed by atoms with van der Waals surface area (Å²) in [6.45, 7) is 1.93. The third-order valence-electron chi connectivity index (χ3n) is 2.19. The second kappa shape index (κ2) is 5.59. The van der Waals surface area contributed by atoms with Crippen molar-refractivity contribution < 1.29 is 19.8 Å². The number of carboxylic acid groups (broad SMARTS) is 2. The summed E-state index contributed by atoms with van der Waals surface area (Å²) < 4.78 is 0. The van der Waals surface area contributed by atoms with Gasteiger partial charge in [-0.15, -0.1) is 0 Å². The Labute approximate surface area is 82.9 Å². The zero-order chi connectivity index (χ0) is 11.2. The maximum Gasteiger partial charge on any atom is 0.323 e. The Balaban J connectivity index is 4.24. The normalized spacial score (nSPS) is 14.7. The molecule has 0 aromatic heterocycles. The number of nitrogens with two attached hydrogens (primary N) is 1. The van der Waals surface area contributed by atoms with E-state index in [-0.39, 0.29) is 12.8 Å². The molecule has 0 saturated carbocycles. The fraction of sp³-hybridized carbons (Fsp3) is 0.778. The molecular weight excluding hydrogens is 186 g/mol. The molecule has 5 nitrogen and oxygen atoms in total. The minimum atomic E-state index is -1.38. The highest BCUT2D eigenvalue weighted by molar-refractivity contribution is 5.79. The standard InChI is InChI=1S/C9H17NO4/c1-2-3-5-9(10,8(13)14)6-4-7(11)12/h2-6,10H2,1H3,(H,11,12)(H,13,14)/t9-/m0/s1. The van der Waals surface area contributed by atoms with Crippen LogP contribution < -0.4 is 5.73 Å². The Morgan fingerprint density at radius 1 is 1.29 bits per heavy atom. The van der Waals surface area contributed by atoms with E-state index in [0.717, 1.165) is 6.42 Å². The molecule has 14 heavy (non-hydrogen) atoms.